The number of hydrogen-bond donors (Lipinski definition) is 1. The fourth-order valence-corrected chi connectivity index (χ4v) is 1.87. The molecule has 1 rings (SSSR count). The summed E-state index contributed by atoms with van der Waals surface area (Å²) in [5, 5.41) is 2.82. The van der Waals surface area contributed by atoms with Crippen LogP contribution in [0, 0.1) is 0 Å². The Morgan fingerprint density at radius 1 is 1.56 bits per heavy atom. The number of nitrogens with one attached hydrogen (secondary N) is 1. The lowest BCUT2D eigenvalue weighted by molar-refractivity contribution is -0.127. The van der Waals surface area contributed by atoms with Crippen molar-refractivity contribution in [2.75, 3.05) is 46.9 Å². The quantitative estimate of drug-likeness (QED) is 0.667. The highest BCUT2D eigenvalue weighted by atomic mass is 16.5. The first-order valence-corrected chi connectivity index (χ1v) is 6.41. The Balaban J connectivity index is 2.06. The Labute approximate surface area is 108 Å². The molecule has 1 saturated heterocycles. The van der Waals surface area contributed by atoms with Crippen molar-refractivity contribution in [1.29, 1.82) is 0 Å². The van der Waals surface area contributed by atoms with Crippen molar-refractivity contribution in [1.82, 2.24) is 15.1 Å². The number of rotatable bonds is 7. The van der Waals surface area contributed by atoms with Crippen LogP contribution in [0.3, 0.4) is 0 Å². The summed E-state index contributed by atoms with van der Waals surface area (Å²) >= 11 is 0. The van der Waals surface area contributed by atoms with E-state index in [9.17, 15) is 9.59 Å². The van der Waals surface area contributed by atoms with Crippen molar-refractivity contribution in [3.8, 4) is 0 Å². The van der Waals surface area contributed by atoms with Crippen LogP contribution < -0.4 is 5.32 Å². The van der Waals surface area contributed by atoms with Crippen LogP contribution in [-0.2, 0) is 9.53 Å². The van der Waals surface area contributed by atoms with Crippen molar-refractivity contribution in [2.24, 2.45) is 0 Å². The number of methoxy groups -OCH3 is 1. The van der Waals surface area contributed by atoms with E-state index in [0.29, 0.717) is 26.1 Å². The first-order chi connectivity index (χ1) is 8.65. The highest BCUT2D eigenvalue weighted by molar-refractivity contribution is 5.78. The molecule has 0 aromatic carbocycles. The highest BCUT2D eigenvalue weighted by Crippen LogP contribution is 2.09. The van der Waals surface area contributed by atoms with E-state index in [1.807, 2.05) is 4.90 Å². The van der Waals surface area contributed by atoms with Gasteiger partial charge < -0.3 is 19.9 Å². The van der Waals surface area contributed by atoms with Gasteiger partial charge >= 0.3 is 6.03 Å². The van der Waals surface area contributed by atoms with Crippen molar-refractivity contribution in [3.63, 3.8) is 0 Å². The summed E-state index contributed by atoms with van der Waals surface area (Å²) in [6.45, 7) is 3.31. The highest BCUT2D eigenvalue weighted by Gasteiger charge is 2.19. The van der Waals surface area contributed by atoms with Gasteiger partial charge in [-0.05, 0) is 12.8 Å². The third kappa shape index (κ3) is 4.91. The van der Waals surface area contributed by atoms with Gasteiger partial charge in [0.05, 0.1) is 6.61 Å². The number of urea groups is 1. The predicted molar refractivity (Wildman–Crippen MR) is 68.3 cm³/mol. The second-order valence-corrected chi connectivity index (χ2v) is 4.48. The Morgan fingerprint density at radius 3 is 2.94 bits per heavy atom. The van der Waals surface area contributed by atoms with Gasteiger partial charge in [-0.3, -0.25) is 4.79 Å². The molecule has 0 aromatic rings. The molecule has 0 spiro atoms. The minimum absolute atomic E-state index is 0.0974. The average molecular weight is 257 g/mol. The lowest BCUT2D eigenvalue weighted by atomic mass is 10.4. The van der Waals surface area contributed by atoms with Gasteiger partial charge in [0.1, 0.15) is 0 Å². The fraction of sp³-hybridized carbons (Fsp3) is 0.833. The molecule has 0 aromatic heterocycles. The van der Waals surface area contributed by atoms with Crippen LogP contribution in [0.1, 0.15) is 19.3 Å². The van der Waals surface area contributed by atoms with Gasteiger partial charge in [-0.25, -0.2) is 4.79 Å². The van der Waals surface area contributed by atoms with Gasteiger partial charge in [-0.15, -0.1) is 0 Å². The van der Waals surface area contributed by atoms with Crippen LogP contribution in [0.5, 0.6) is 0 Å². The van der Waals surface area contributed by atoms with Crippen LogP contribution in [0.15, 0.2) is 0 Å². The summed E-state index contributed by atoms with van der Waals surface area (Å²) in [7, 11) is 3.34. The van der Waals surface area contributed by atoms with Crippen LogP contribution >= 0.6 is 0 Å². The molecule has 18 heavy (non-hydrogen) atoms. The molecule has 0 unspecified atom stereocenters. The molecule has 0 radical (unpaired) electrons. The summed E-state index contributed by atoms with van der Waals surface area (Å²) < 4.78 is 4.90. The number of ether oxygens (including phenoxy) is 1. The van der Waals surface area contributed by atoms with Gasteiger partial charge in [0.2, 0.25) is 5.91 Å². The molecule has 0 atom stereocenters. The summed E-state index contributed by atoms with van der Waals surface area (Å²) in [4.78, 5) is 26.4. The lowest BCUT2D eigenvalue weighted by Crippen LogP contribution is -2.40. The molecule has 1 aliphatic heterocycles. The topological polar surface area (TPSA) is 61.9 Å². The summed E-state index contributed by atoms with van der Waals surface area (Å²) in [5.74, 6) is 0.235. The molecule has 1 aliphatic rings. The minimum Gasteiger partial charge on any atom is -0.383 e. The van der Waals surface area contributed by atoms with E-state index in [-0.39, 0.29) is 11.9 Å². The molecule has 6 nitrogen and oxygen atoms in total. The van der Waals surface area contributed by atoms with E-state index >= 15 is 0 Å². The number of carbonyl (C=O) groups excluding carboxylic acids is 2. The molecule has 6 heteroatoms. The molecule has 0 saturated carbocycles. The molecule has 3 amide bonds. The predicted octanol–water partition coefficient (Wildman–Crippen LogP) is 0.287. The SMILES string of the molecule is COCCN(C)C(=O)NCCCN1CCCC1=O. The molecule has 104 valence electrons. The number of hydrogen-bond acceptors (Lipinski definition) is 3. The number of likely N-dealkylation sites (N-methyl/N-ethyl adjacent to an activating group) is 1. The van der Waals surface area contributed by atoms with E-state index in [4.69, 9.17) is 4.74 Å². The Bertz CT molecular complexity index is 284. The van der Waals surface area contributed by atoms with Gasteiger partial charge in [0.15, 0.2) is 0 Å². The molecule has 1 N–H and O–H groups in total. The van der Waals surface area contributed by atoms with E-state index in [0.717, 1.165) is 25.9 Å². The average Bonchev–Trinajstić information content (AvgIpc) is 2.77. The Morgan fingerprint density at radius 2 is 2.33 bits per heavy atom. The zero-order valence-electron chi connectivity index (χ0n) is 11.3. The van der Waals surface area contributed by atoms with Gasteiger partial charge in [0.25, 0.3) is 0 Å². The molecular formula is C12H23N3O3. The standard InChI is InChI=1S/C12H23N3O3/c1-14(9-10-18-2)12(17)13-6-4-8-15-7-3-5-11(15)16/h3-10H2,1-2H3,(H,13,17). The summed E-state index contributed by atoms with van der Waals surface area (Å²) in [6, 6.07) is -0.0974. The van der Waals surface area contributed by atoms with Crippen LogP contribution in [0.2, 0.25) is 0 Å². The number of carbonyl (C=O) groups is 2. The van der Waals surface area contributed by atoms with E-state index < -0.39 is 0 Å². The Kier molecular flexibility index (Phi) is 6.49. The van der Waals surface area contributed by atoms with Crippen molar-refractivity contribution >= 4 is 11.9 Å². The fourth-order valence-electron chi connectivity index (χ4n) is 1.87. The van der Waals surface area contributed by atoms with Crippen LogP contribution in [0.4, 0.5) is 4.79 Å². The number of nitrogens with zero attached hydrogens (tertiary/aromatic N) is 2. The Hall–Kier alpha value is -1.30. The maximum atomic E-state index is 11.6. The minimum atomic E-state index is -0.0974. The largest absolute Gasteiger partial charge is 0.383 e. The van der Waals surface area contributed by atoms with Crippen LogP contribution in [0.25, 0.3) is 0 Å². The number of amides is 3. The first kappa shape index (κ1) is 14.8. The van der Waals surface area contributed by atoms with Gasteiger partial charge in [-0.2, -0.15) is 0 Å². The molecule has 1 heterocycles. The van der Waals surface area contributed by atoms with Crippen molar-refractivity contribution in [2.45, 2.75) is 19.3 Å². The maximum Gasteiger partial charge on any atom is 0.317 e. The molecule has 0 bridgehead atoms. The third-order valence-corrected chi connectivity index (χ3v) is 3.03. The third-order valence-electron chi connectivity index (χ3n) is 3.03. The van der Waals surface area contributed by atoms with Crippen molar-refractivity contribution in [3.05, 3.63) is 0 Å². The maximum absolute atomic E-state index is 11.6. The van der Waals surface area contributed by atoms with Crippen molar-refractivity contribution < 1.29 is 14.3 Å². The zero-order valence-corrected chi connectivity index (χ0v) is 11.3. The lowest BCUT2D eigenvalue weighted by Gasteiger charge is -2.18. The summed E-state index contributed by atoms with van der Waals surface area (Å²) in [6.07, 6.45) is 2.44. The second kappa shape index (κ2) is 7.92. The van der Waals surface area contributed by atoms with Gasteiger partial charge in [0, 0.05) is 46.8 Å². The molecular weight excluding hydrogens is 234 g/mol. The number of likely N-dealkylation sites (tertiary alicyclic amines) is 1. The zero-order chi connectivity index (χ0) is 13.4. The smallest absolute Gasteiger partial charge is 0.317 e. The monoisotopic (exact) mass is 257 g/mol. The van der Waals surface area contributed by atoms with Crippen LogP contribution in [-0.4, -0.2) is 68.7 Å². The first-order valence-electron chi connectivity index (χ1n) is 6.41. The van der Waals surface area contributed by atoms with E-state index in [1.165, 1.54) is 0 Å². The molecule has 0 aliphatic carbocycles. The molecule has 1 fully saturated rings. The van der Waals surface area contributed by atoms with Gasteiger partial charge in [-0.1, -0.05) is 0 Å². The second-order valence-electron chi connectivity index (χ2n) is 4.48. The summed E-state index contributed by atoms with van der Waals surface area (Å²) in [5.41, 5.74) is 0. The van der Waals surface area contributed by atoms with E-state index in [2.05, 4.69) is 5.32 Å². The van der Waals surface area contributed by atoms with E-state index in [1.54, 1.807) is 19.1 Å². The normalized spacial score (nSPS) is 15.0.